The van der Waals surface area contributed by atoms with Gasteiger partial charge in [-0.1, -0.05) is 136 Å². The molecule has 0 bridgehead atoms. The zero-order valence-corrected chi connectivity index (χ0v) is 28.9. The Hall–Kier alpha value is -1.26. The molecular weight excluding hydrogens is 576 g/mol. The zero-order valence-electron chi connectivity index (χ0n) is 28.9. The van der Waals surface area contributed by atoms with E-state index in [-0.39, 0.29) is 25.6 Å². The minimum atomic E-state index is -1.47. The third-order valence-corrected chi connectivity index (χ3v) is 8.70. The standard InChI is InChI=1S/C36H68O9/c1-4-6-8-10-12-14-15-16-17-18-20-21-23-25-31(37)42-27-30(28-43-36-35(41)34(40)33(39)29(3)44-36)45-32(38)26-24-22-19-13-11-9-7-5-2/h29-30,33-36,39-41H,4-28H2,1-3H3/t29-,30-,33-,34+,35-,36+/m1/s1. The molecule has 1 aliphatic rings. The topological polar surface area (TPSA) is 132 Å². The molecule has 1 fully saturated rings. The summed E-state index contributed by atoms with van der Waals surface area (Å²) in [5, 5.41) is 30.3. The van der Waals surface area contributed by atoms with Gasteiger partial charge in [0.25, 0.3) is 0 Å². The molecule has 1 saturated heterocycles. The van der Waals surface area contributed by atoms with Crippen molar-refractivity contribution in [1.82, 2.24) is 0 Å². The zero-order chi connectivity index (χ0) is 33.1. The molecule has 3 N–H and O–H groups in total. The first-order valence-electron chi connectivity index (χ1n) is 18.5. The summed E-state index contributed by atoms with van der Waals surface area (Å²) in [5.74, 6) is -0.737. The Kier molecular flexibility index (Phi) is 25.8. The second kappa shape index (κ2) is 27.8. The largest absolute Gasteiger partial charge is 0.462 e. The van der Waals surface area contributed by atoms with E-state index in [0.717, 1.165) is 38.5 Å². The predicted molar refractivity (Wildman–Crippen MR) is 177 cm³/mol. The van der Waals surface area contributed by atoms with Gasteiger partial charge in [0.15, 0.2) is 12.4 Å². The first kappa shape index (κ1) is 41.8. The highest BCUT2D eigenvalue weighted by Crippen LogP contribution is 2.22. The van der Waals surface area contributed by atoms with E-state index in [1.165, 1.54) is 96.3 Å². The van der Waals surface area contributed by atoms with Gasteiger partial charge in [-0.25, -0.2) is 0 Å². The molecule has 266 valence electrons. The monoisotopic (exact) mass is 644 g/mol. The van der Waals surface area contributed by atoms with E-state index in [2.05, 4.69) is 13.8 Å². The minimum absolute atomic E-state index is 0.163. The lowest BCUT2D eigenvalue weighted by Crippen LogP contribution is -2.57. The highest BCUT2D eigenvalue weighted by molar-refractivity contribution is 5.70. The van der Waals surface area contributed by atoms with Crippen molar-refractivity contribution in [3.63, 3.8) is 0 Å². The Morgan fingerprint density at radius 1 is 0.578 bits per heavy atom. The number of hydrogen-bond donors (Lipinski definition) is 3. The summed E-state index contributed by atoms with van der Waals surface area (Å²) >= 11 is 0. The van der Waals surface area contributed by atoms with Crippen molar-refractivity contribution in [1.29, 1.82) is 0 Å². The first-order chi connectivity index (χ1) is 21.8. The van der Waals surface area contributed by atoms with Gasteiger partial charge in [-0.3, -0.25) is 9.59 Å². The SMILES string of the molecule is CCCCCCCCCCCCCCCC(=O)OC[C@H](CO[C@H]1O[C@H](C)[C@@H](O)[C@H](O)[C@H]1O)OC(=O)CCCCCCCCCC. The van der Waals surface area contributed by atoms with Crippen LogP contribution >= 0.6 is 0 Å². The van der Waals surface area contributed by atoms with Gasteiger partial charge in [-0.2, -0.15) is 0 Å². The summed E-state index contributed by atoms with van der Waals surface area (Å²) in [4.78, 5) is 25.0. The van der Waals surface area contributed by atoms with Gasteiger partial charge >= 0.3 is 11.9 Å². The van der Waals surface area contributed by atoms with Crippen LogP contribution in [0.2, 0.25) is 0 Å². The van der Waals surface area contributed by atoms with Crippen LogP contribution in [0, 0.1) is 0 Å². The van der Waals surface area contributed by atoms with Crippen LogP contribution in [0.5, 0.6) is 0 Å². The maximum atomic E-state index is 12.6. The first-order valence-corrected chi connectivity index (χ1v) is 18.5. The van der Waals surface area contributed by atoms with Crippen molar-refractivity contribution in [2.75, 3.05) is 13.2 Å². The van der Waals surface area contributed by atoms with E-state index in [1.54, 1.807) is 6.92 Å². The van der Waals surface area contributed by atoms with Crippen molar-refractivity contribution in [2.45, 2.75) is 205 Å². The van der Waals surface area contributed by atoms with Crippen LogP contribution in [0.4, 0.5) is 0 Å². The summed E-state index contributed by atoms with van der Waals surface area (Å²) in [6.07, 6.45) is 18.5. The number of hydrogen-bond acceptors (Lipinski definition) is 9. The second-order valence-electron chi connectivity index (χ2n) is 13.0. The lowest BCUT2D eigenvalue weighted by atomic mass is 10.0. The van der Waals surface area contributed by atoms with Crippen LogP contribution in [0.25, 0.3) is 0 Å². The highest BCUT2D eigenvalue weighted by atomic mass is 16.7. The predicted octanol–water partition coefficient (Wildman–Crippen LogP) is 7.30. The summed E-state index contributed by atoms with van der Waals surface area (Å²) in [6, 6.07) is 0. The summed E-state index contributed by atoms with van der Waals surface area (Å²) in [7, 11) is 0. The summed E-state index contributed by atoms with van der Waals surface area (Å²) in [6.45, 7) is 5.66. The maximum absolute atomic E-state index is 12.6. The average molecular weight is 645 g/mol. The fourth-order valence-electron chi connectivity index (χ4n) is 5.66. The Balaban J connectivity index is 2.34. The molecule has 0 unspecified atom stereocenters. The summed E-state index contributed by atoms with van der Waals surface area (Å²) in [5.41, 5.74) is 0. The lowest BCUT2D eigenvalue weighted by molar-refractivity contribution is -0.297. The molecule has 0 aromatic heterocycles. The molecule has 0 radical (unpaired) electrons. The lowest BCUT2D eigenvalue weighted by Gasteiger charge is -2.39. The number of aliphatic hydroxyl groups excluding tert-OH is 3. The molecule has 0 aromatic rings. The molecular formula is C36H68O9. The smallest absolute Gasteiger partial charge is 0.306 e. The number of unbranched alkanes of at least 4 members (excludes halogenated alkanes) is 19. The molecule has 1 rings (SSSR count). The molecule has 0 amide bonds. The molecule has 0 aromatic carbocycles. The number of rotatable bonds is 29. The van der Waals surface area contributed by atoms with Gasteiger partial charge in [0.2, 0.25) is 0 Å². The van der Waals surface area contributed by atoms with E-state index in [9.17, 15) is 24.9 Å². The molecule has 0 aliphatic carbocycles. The second-order valence-corrected chi connectivity index (χ2v) is 13.0. The number of ether oxygens (including phenoxy) is 4. The molecule has 1 heterocycles. The number of carbonyl (C=O) groups excluding carboxylic acids is 2. The van der Waals surface area contributed by atoms with Crippen LogP contribution in [-0.2, 0) is 28.5 Å². The molecule has 9 nitrogen and oxygen atoms in total. The minimum Gasteiger partial charge on any atom is -0.462 e. The van der Waals surface area contributed by atoms with Crippen LogP contribution in [-0.4, -0.2) is 77.3 Å². The molecule has 9 heteroatoms. The fraction of sp³-hybridized carbons (Fsp3) is 0.944. The van der Waals surface area contributed by atoms with Crippen LogP contribution < -0.4 is 0 Å². The van der Waals surface area contributed by atoms with Gasteiger partial charge in [0.05, 0.1) is 12.7 Å². The van der Waals surface area contributed by atoms with E-state index in [1.807, 2.05) is 0 Å². The Bertz CT molecular complexity index is 719. The van der Waals surface area contributed by atoms with E-state index in [4.69, 9.17) is 18.9 Å². The number of aliphatic hydroxyl groups is 3. The van der Waals surface area contributed by atoms with Crippen molar-refractivity contribution in [2.24, 2.45) is 0 Å². The number of esters is 2. The molecule has 0 saturated carbocycles. The van der Waals surface area contributed by atoms with Gasteiger partial charge < -0.3 is 34.3 Å². The Morgan fingerprint density at radius 2 is 1.00 bits per heavy atom. The van der Waals surface area contributed by atoms with Crippen molar-refractivity contribution in [3.05, 3.63) is 0 Å². The fourth-order valence-corrected chi connectivity index (χ4v) is 5.66. The molecule has 1 aliphatic heterocycles. The van der Waals surface area contributed by atoms with Gasteiger partial charge in [0.1, 0.15) is 24.9 Å². The maximum Gasteiger partial charge on any atom is 0.306 e. The summed E-state index contributed by atoms with van der Waals surface area (Å²) < 4.78 is 22.2. The van der Waals surface area contributed by atoms with Crippen molar-refractivity contribution < 1.29 is 43.9 Å². The van der Waals surface area contributed by atoms with Crippen LogP contribution in [0.1, 0.15) is 168 Å². The number of carbonyl (C=O) groups is 2. The Labute approximate surface area is 274 Å². The van der Waals surface area contributed by atoms with Crippen LogP contribution in [0.3, 0.4) is 0 Å². The van der Waals surface area contributed by atoms with E-state index >= 15 is 0 Å². The van der Waals surface area contributed by atoms with Gasteiger partial charge in [0, 0.05) is 12.8 Å². The quantitative estimate of drug-likeness (QED) is 0.0567. The molecule has 45 heavy (non-hydrogen) atoms. The average Bonchev–Trinajstić information content (AvgIpc) is 3.03. The van der Waals surface area contributed by atoms with Crippen LogP contribution in [0.15, 0.2) is 0 Å². The van der Waals surface area contributed by atoms with Gasteiger partial charge in [-0.15, -0.1) is 0 Å². The third kappa shape index (κ3) is 21.3. The van der Waals surface area contributed by atoms with E-state index < -0.39 is 42.8 Å². The van der Waals surface area contributed by atoms with Crippen molar-refractivity contribution in [3.8, 4) is 0 Å². The normalized spacial score (nSPS) is 22.3. The molecule has 0 spiro atoms. The van der Waals surface area contributed by atoms with Crippen molar-refractivity contribution >= 4 is 11.9 Å². The molecule has 6 atom stereocenters. The Morgan fingerprint density at radius 3 is 1.47 bits per heavy atom. The van der Waals surface area contributed by atoms with Gasteiger partial charge in [-0.05, 0) is 19.8 Å². The third-order valence-electron chi connectivity index (χ3n) is 8.70. The van der Waals surface area contributed by atoms with E-state index in [0.29, 0.717) is 6.42 Å². The highest BCUT2D eigenvalue weighted by Gasteiger charge is 2.42.